The second-order valence-corrected chi connectivity index (χ2v) is 6.37. The van der Waals surface area contributed by atoms with Crippen molar-refractivity contribution in [2.45, 2.75) is 17.9 Å². The number of hydrogen-bond donors (Lipinski definition) is 1. The fraction of sp³-hybridized carbons (Fsp3) is 0.250. The third-order valence-electron chi connectivity index (χ3n) is 3.58. The zero-order valence-electron chi connectivity index (χ0n) is 12.7. The van der Waals surface area contributed by atoms with Crippen molar-refractivity contribution in [1.29, 1.82) is 0 Å². The number of pyridine rings is 1. The highest BCUT2D eigenvalue weighted by atomic mass is 32.2. The van der Waals surface area contributed by atoms with E-state index in [1.165, 1.54) is 17.2 Å². The van der Waals surface area contributed by atoms with Gasteiger partial charge in [-0.15, -0.1) is 0 Å². The highest BCUT2D eigenvalue weighted by Crippen LogP contribution is 2.23. The van der Waals surface area contributed by atoms with E-state index in [4.69, 9.17) is 0 Å². The molecule has 0 aliphatic carbocycles. The number of amides is 1. The van der Waals surface area contributed by atoms with E-state index in [2.05, 4.69) is 4.98 Å². The van der Waals surface area contributed by atoms with Crippen LogP contribution in [-0.4, -0.2) is 38.4 Å². The Morgan fingerprint density at radius 2 is 1.91 bits per heavy atom. The molecule has 0 radical (unpaired) electrons. The fourth-order valence-electron chi connectivity index (χ4n) is 2.07. The third kappa shape index (κ3) is 3.33. The molecule has 1 amide bonds. The predicted molar refractivity (Wildman–Crippen MR) is 85.2 cm³/mol. The SMILES string of the molecule is C[C@H](c1ccc([S@](C)=O)cc1)N(C)C(=O)c1ncccc1O. The lowest BCUT2D eigenvalue weighted by atomic mass is 10.1. The maximum absolute atomic E-state index is 12.4. The van der Waals surface area contributed by atoms with Crippen molar-refractivity contribution in [2.24, 2.45) is 0 Å². The molecule has 6 heteroatoms. The summed E-state index contributed by atoms with van der Waals surface area (Å²) in [7, 11) is 0.633. The van der Waals surface area contributed by atoms with E-state index in [1.54, 1.807) is 31.5 Å². The molecule has 1 heterocycles. The molecule has 2 aromatic rings. The first-order valence-corrected chi connectivity index (χ1v) is 8.32. The van der Waals surface area contributed by atoms with Gasteiger partial charge in [-0.2, -0.15) is 0 Å². The van der Waals surface area contributed by atoms with Crippen LogP contribution in [0.1, 0.15) is 29.0 Å². The summed E-state index contributed by atoms with van der Waals surface area (Å²) in [4.78, 5) is 18.6. The third-order valence-corrected chi connectivity index (χ3v) is 4.52. The summed E-state index contributed by atoms with van der Waals surface area (Å²) in [5.74, 6) is -0.489. The Bertz CT molecular complexity index is 701. The van der Waals surface area contributed by atoms with Gasteiger partial charge in [-0.05, 0) is 36.8 Å². The van der Waals surface area contributed by atoms with E-state index >= 15 is 0 Å². The van der Waals surface area contributed by atoms with Crippen molar-refractivity contribution >= 4 is 16.7 Å². The summed E-state index contributed by atoms with van der Waals surface area (Å²) < 4.78 is 11.4. The Morgan fingerprint density at radius 3 is 2.45 bits per heavy atom. The summed E-state index contributed by atoms with van der Waals surface area (Å²) in [6.07, 6.45) is 3.09. The normalized spacial score (nSPS) is 13.4. The van der Waals surface area contributed by atoms with Crippen LogP contribution in [-0.2, 0) is 10.8 Å². The van der Waals surface area contributed by atoms with Gasteiger partial charge in [0.2, 0.25) is 0 Å². The van der Waals surface area contributed by atoms with Gasteiger partial charge in [0.15, 0.2) is 5.69 Å². The molecule has 116 valence electrons. The van der Waals surface area contributed by atoms with Crippen LogP contribution in [0.4, 0.5) is 0 Å². The lowest BCUT2D eigenvalue weighted by Crippen LogP contribution is -2.30. The van der Waals surface area contributed by atoms with Crippen LogP contribution in [0.2, 0.25) is 0 Å². The van der Waals surface area contributed by atoms with Crippen molar-refractivity contribution in [3.8, 4) is 5.75 Å². The van der Waals surface area contributed by atoms with Gasteiger partial charge < -0.3 is 10.0 Å². The topological polar surface area (TPSA) is 70.5 Å². The number of aromatic nitrogens is 1. The highest BCUT2D eigenvalue weighted by molar-refractivity contribution is 7.84. The minimum absolute atomic E-state index is 0.0307. The second-order valence-electron chi connectivity index (χ2n) is 4.99. The van der Waals surface area contributed by atoms with Gasteiger partial charge in [0.05, 0.1) is 6.04 Å². The van der Waals surface area contributed by atoms with E-state index in [9.17, 15) is 14.1 Å². The summed E-state index contributed by atoms with van der Waals surface area (Å²) in [6.45, 7) is 1.88. The van der Waals surface area contributed by atoms with Crippen molar-refractivity contribution in [1.82, 2.24) is 9.88 Å². The molecule has 1 aromatic carbocycles. The molecule has 1 aromatic heterocycles. The molecule has 1 N–H and O–H groups in total. The number of carbonyl (C=O) groups is 1. The zero-order chi connectivity index (χ0) is 16.3. The molecule has 22 heavy (non-hydrogen) atoms. The first-order chi connectivity index (χ1) is 10.4. The quantitative estimate of drug-likeness (QED) is 0.939. The Labute approximate surface area is 132 Å². The summed E-state index contributed by atoms with van der Waals surface area (Å²) in [5.41, 5.74) is 0.948. The van der Waals surface area contributed by atoms with Gasteiger partial charge in [0, 0.05) is 35.2 Å². The van der Waals surface area contributed by atoms with Crippen molar-refractivity contribution in [2.75, 3.05) is 13.3 Å². The van der Waals surface area contributed by atoms with E-state index in [0.717, 1.165) is 10.5 Å². The van der Waals surface area contributed by atoms with Crippen LogP contribution < -0.4 is 0 Å². The molecule has 0 spiro atoms. The lowest BCUT2D eigenvalue weighted by molar-refractivity contribution is 0.0733. The fourth-order valence-corrected chi connectivity index (χ4v) is 2.59. The van der Waals surface area contributed by atoms with Gasteiger partial charge in [-0.25, -0.2) is 4.98 Å². The van der Waals surface area contributed by atoms with E-state index < -0.39 is 10.8 Å². The molecule has 0 saturated heterocycles. The molecule has 0 fully saturated rings. The van der Waals surface area contributed by atoms with Gasteiger partial charge in [-0.3, -0.25) is 9.00 Å². The summed E-state index contributed by atoms with van der Waals surface area (Å²) in [5, 5.41) is 9.74. The number of aromatic hydroxyl groups is 1. The van der Waals surface area contributed by atoms with Crippen molar-refractivity contribution in [3.05, 3.63) is 53.9 Å². The lowest BCUT2D eigenvalue weighted by Gasteiger charge is -2.25. The van der Waals surface area contributed by atoms with Crippen LogP contribution in [0, 0.1) is 0 Å². The Balaban J connectivity index is 2.21. The molecule has 0 aliphatic heterocycles. The molecule has 5 nitrogen and oxygen atoms in total. The number of carbonyl (C=O) groups excluding carboxylic acids is 1. The number of benzene rings is 1. The predicted octanol–water partition coefficient (Wildman–Crippen LogP) is 2.36. The average Bonchev–Trinajstić information content (AvgIpc) is 2.53. The van der Waals surface area contributed by atoms with E-state index in [1.807, 2.05) is 19.1 Å². The Hall–Kier alpha value is -2.21. The highest BCUT2D eigenvalue weighted by Gasteiger charge is 2.22. The maximum Gasteiger partial charge on any atom is 0.276 e. The monoisotopic (exact) mass is 318 g/mol. The smallest absolute Gasteiger partial charge is 0.276 e. The number of hydrogen-bond acceptors (Lipinski definition) is 4. The molecule has 2 atom stereocenters. The molecular weight excluding hydrogens is 300 g/mol. The molecule has 0 aliphatic rings. The molecule has 0 saturated carbocycles. The first-order valence-electron chi connectivity index (χ1n) is 6.76. The molecule has 0 bridgehead atoms. The van der Waals surface area contributed by atoms with Gasteiger partial charge >= 0.3 is 0 Å². The van der Waals surface area contributed by atoms with Crippen LogP contribution in [0.5, 0.6) is 5.75 Å². The van der Waals surface area contributed by atoms with Gasteiger partial charge in [0.1, 0.15) is 5.75 Å². The standard InChI is InChI=1S/C16H18N2O3S/c1-11(12-6-8-13(9-7-12)22(3)21)18(2)16(20)15-14(19)5-4-10-17-15/h4-11,19H,1-3H3/t11-,22+/m1/s1. The van der Waals surface area contributed by atoms with Crippen LogP contribution >= 0.6 is 0 Å². The first kappa shape index (κ1) is 16.2. The minimum atomic E-state index is -1.03. The largest absolute Gasteiger partial charge is 0.505 e. The number of rotatable bonds is 4. The van der Waals surface area contributed by atoms with Gasteiger partial charge in [-0.1, -0.05) is 12.1 Å². The van der Waals surface area contributed by atoms with Crippen LogP contribution in [0.25, 0.3) is 0 Å². The van der Waals surface area contributed by atoms with Crippen molar-refractivity contribution in [3.63, 3.8) is 0 Å². The Kier molecular flexibility index (Phi) is 4.92. The second kappa shape index (κ2) is 6.70. The average molecular weight is 318 g/mol. The minimum Gasteiger partial charge on any atom is -0.505 e. The summed E-state index contributed by atoms with van der Waals surface area (Å²) >= 11 is 0. The molecule has 0 unspecified atom stereocenters. The zero-order valence-corrected chi connectivity index (χ0v) is 13.5. The van der Waals surface area contributed by atoms with Gasteiger partial charge in [0.25, 0.3) is 5.91 Å². The van der Waals surface area contributed by atoms with Crippen LogP contribution in [0.15, 0.2) is 47.5 Å². The number of nitrogens with zero attached hydrogens (tertiary/aromatic N) is 2. The molecule has 2 rings (SSSR count). The van der Waals surface area contributed by atoms with E-state index in [0.29, 0.717) is 0 Å². The maximum atomic E-state index is 12.4. The Morgan fingerprint density at radius 1 is 1.27 bits per heavy atom. The van der Waals surface area contributed by atoms with E-state index in [-0.39, 0.29) is 23.4 Å². The molecular formula is C16H18N2O3S. The van der Waals surface area contributed by atoms with Crippen molar-refractivity contribution < 1.29 is 14.1 Å². The van der Waals surface area contributed by atoms with Crippen LogP contribution in [0.3, 0.4) is 0 Å². The summed E-state index contributed by atoms with van der Waals surface area (Å²) in [6, 6.07) is 10.1.